The molecule has 1 fully saturated rings. The molecule has 1 saturated heterocycles. The van der Waals surface area contributed by atoms with E-state index >= 15 is 0 Å². The van der Waals surface area contributed by atoms with E-state index in [1.165, 1.54) is 18.5 Å². The summed E-state index contributed by atoms with van der Waals surface area (Å²) in [7, 11) is 0. The molecule has 2 aromatic heterocycles. The lowest BCUT2D eigenvalue weighted by atomic mass is 10.1. The van der Waals surface area contributed by atoms with Gasteiger partial charge < -0.3 is 15.4 Å². The minimum atomic E-state index is -0.377. The van der Waals surface area contributed by atoms with Crippen LogP contribution in [0.3, 0.4) is 0 Å². The van der Waals surface area contributed by atoms with Crippen molar-refractivity contribution in [1.29, 1.82) is 5.26 Å². The molecule has 0 unspecified atom stereocenters. The molecule has 1 atom stereocenters. The Hall–Kier alpha value is -3.51. The summed E-state index contributed by atoms with van der Waals surface area (Å²) in [4.78, 5) is 8.04. The van der Waals surface area contributed by atoms with E-state index < -0.39 is 0 Å². The summed E-state index contributed by atoms with van der Waals surface area (Å²) >= 11 is 0. The van der Waals surface area contributed by atoms with Gasteiger partial charge in [0.2, 0.25) is 0 Å². The van der Waals surface area contributed by atoms with Crippen LogP contribution < -0.4 is 15.4 Å². The summed E-state index contributed by atoms with van der Waals surface area (Å²) in [6, 6.07) is 6.89. The first-order valence-corrected chi connectivity index (χ1v) is 9.31. The van der Waals surface area contributed by atoms with Gasteiger partial charge in [-0.2, -0.15) is 10.4 Å². The van der Waals surface area contributed by atoms with Crippen molar-refractivity contribution in [2.45, 2.75) is 13.3 Å². The number of aromatic amines is 1. The molecule has 3 aromatic rings. The van der Waals surface area contributed by atoms with Crippen LogP contribution in [-0.4, -0.2) is 39.9 Å². The summed E-state index contributed by atoms with van der Waals surface area (Å²) in [5.74, 6) is 1.41. The molecular formula is C20H20FN7O. The highest BCUT2D eigenvalue weighted by molar-refractivity contribution is 5.71. The monoisotopic (exact) mass is 393 g/mol. The Morgan fingerprint density at radius 1 is 1.28 bits per heavy atom. The third kappa shape index (κ3) is 4.33. The van der Waals surface area contributed by atoms with E-state index in [-0.39, 0.29) is 11.5 Å². The van der Waals surface area contributed by atoms with E-state index in [1.807, 2.05) is 19.1 Å². The molecule has 0 aliphatic carbocycles. The standard InChI is InChI=1S/C20H20FN7O/c1-12-4-15(21)20(17(5-12)29-11-13-2-3-23-8-13)16-6-18(28-27-16)26-19-10-24-14(7-22)9-25-19/h4-6,9-10,13,23H,2-3,8,11H2,1H3,(H2,25,26,27,28)/t13-/m0/s1. The number of benzene rings is 1. The number of nitrogens with zero attached hydrogens (tertiary/aromatic N) is 4. The number of nitriles is 1. The highest BCUT2D eigenvalue weighted by Crippen LogP contribution is 2.34. The Bertz CT molecular complexity index is 1040. The molecule has 8 nitrogen and oxygen atoms in total. The fourth-order valence-corrected chi connectivity index (χ4v) is 3.25. The number of hydrogen-bond acceptors (Lipinski definition) is 7. The highest BCUT2D eigenvalue weighted by Gasteiger charge is 2.19. The van der Waals surface area contributed by atoms with E-state index in [4.69, 9.17) is 10.00 Å². The van der Waals surface area contributed by atoms with Gasteiger partial charge in [0.1, 0.15) is 23.5 Å². The van der Waals surface area contributed by atoms with Crippen molar-refractivity contribution in [2.24, 2.45) is 5.92 Å². The molecule has 1 aromatic carbocycles. The molecule has 0 spiro atoms. The van der Waals surface area contributed by atoms with Crippen molar-refractivity contribution in [1.82, 2.24) is 25.5 Å². The number of H-pyrrole nitrogens is 1. The predicted octanol–water partition coefficient (Wildman–Crippen LogP) is 2.92. The molecule has 29 heavy (non-hydrogen) atoms. The Balaban J connectivity index is 1.56. The first-order chi connectivity index (χ1) is 14.1. The average Bonchev–Trinajstić information content (AvgIpc) is 3.39. The topological polar surface area (TPSA) is 112 Å². The second-order valence-corrected chi connectivity index (χ2v) is 6.98. The van der Waals surface area contributed by atoms with Gasteiger partial charge in [-0.25, -0.2) is 14.4 Å². The number of hydrogen-bond donors (Lipinski definition) is 3. The van der Waals surface area contributed by atoms with E-state index in [0.717, 1.165) is 25.1 Å². The van der Waals surface area contributed by atoms with Crippen LogP contribution in [-0.2, 0) is 0 Å². The minimum Gasteiger partial charge on any atom is -0.492 e. The van der Waals surface area contributed by atoms with Gasteiger partial charge in [-0.15, -0.1) is 0 Å². The van der Waals surface area contributed by atoms with Gasteiger partial charge >= 0.3 is 0 Å². The summed E-state index contributed by atoms with van der Waals surface area (Å²) in [5.41, 5.74) is 1.84. The Morgan fingerprint density at radius 2 is 2.17 bits per heavy atom. The van der Waals surface area contributed by atoms with Crippen molar-refractivity contribution in [3.63, 3.8) is 0 Å². The molecule has 0 amide bonds. The number of aromatic nitrogens is 4. The molecule has 1 aliphatic heterocycles. The van der Waals surface area contributed by atoms with E-state index in [9.17, 15) is 4.39 Å². The van der Waals surface area contributed by atoms with Crippen LogP contribution in [0, 0.1) is 30.0 Å². The fourth-order valence-electron chi connectivity index (χ4n) is 3.25. The Morgan fingerprint density at radius 3 is 2.90 bits per heavy atom. The normalized spacial score (nSPS) is 15.8. The third-order valence-corrected chi connectivity index (χ3v) is 4.71. The summed E-state index contributed by atoms with van der Waals surface area (Å²) < 4.78 is 20.8. The SMILES string of the molecule is Cc1cc(F)c(-c2cc(Nc3cnc(C#N)cn3)n[nH]2)c(OC[C@H]2CCNC2)c1. The Kier molecular flexibility index (Phi) is 5.35. The van der Waals surface area contributed by atoms with Crippen molar-refractivity contribution in [2.75, 3.05) is 25.0 Å². The van der Waals surface area contributed by atoms with E-state index in [1.54, 1.807) is 6.07 Å². The minimum absolute atomic E-state index is 0.222. The second-order valence-electron chi connectivity index (χ2n) is 6.98. The molecule has 0 saturated carbocycles. The second kappa shape index (κ2) is 8.24. The number of rotatable bonds is 6. The number of aryl methyl sites for hydroxylation is 1. The van der Waals surface area contributed by atoms with Gasteiger partial charge in [0, 0.05) is 18.5 Å². The molecular weight excluding hydrogens is 373 g/mol. The predicted molar refractivity (Wildman–Crippen MR) is 105 cm³/mol. The zero-order chi connectivity index (χ0) is 20.2. The molecule has 4 rings (SSSR count). The maximum atomic E-state index is 14.8. The van der Waals surface area contributed by atoms with Gasteiger partial charge in [0.25, 0.3) is 0 Å². The molecule has 3 N–H and O–H groups in total. The van der Waals surface area contributed by atoms with Crippen molar-refractivity contribution in [3.05, 3.63) is 47.7 Å². The number of ether oxygens (including phenoxy) is 1. The van der Waals surface area contributed by atoms with Gasteiger partial charge in [0.05, 0.1) is 30.3 Å². The van der Waals surface area contributed by atoms with Crippen LogP contribution in [0.2, 0.25) is 0 Å². The Labute approximate surface area is 167 Å². The van der Waals surface area contributed by atoms with Gasteiger partial charge in [-0.05, 0) is 37.6 Å². The lowest BCUT2D eigenvalue weighted by molar-refractivity contribution is 0.260. The first kappa shape index (κ1) is 18.8. The summed E-state index contributed by atoms with van der Waals surface area (Å²) in [5, 5.41) is 22.1. The van der Waals surface area contributed by atoms with E-state index in [2.05, 4.69) is 30.8 Å². The smallest absolute Gasteiger partial charge is 0.158 e. The van der Waals surface area contributed by atoms with Crippen LogP contribution in [0.25, 0.3) is 11.3 Å². The lowest BCUT2D eigenvalue weighted by Crippen LogP contribution is -2.16. The van der Waals surface area contributed by atoms with Crippen molar-refractivity contribution < 1.29 is 9.13 Å². The van der Waals surface area contributed by atoms with Crippen LogP contribution >= 0.6 is 0 Å². The first-order valence-electron chi connectivity index (χ1n) is 9.31. The molecule has 9 heteroatoms. The van der Waals surface area contributed by atoms with Crippen LogP contribution in [0.1, 0.15) is 17.7 Å². The molecule has 148 valence electrons. The molecule has 3 heterocycles. The van der Waals surface area contributed by atoms with Crippen LogP contribution in [0.15, 0.2) is 30.6 Å². The van der Waals surface area contributed by atoms with Crippen LogP contribution in [0.4, 0.5) is 16.0 Å². The maximum absolute atomic E-state index is 14.8. The van der Waals surface area contributed by atoms with E-state index in [0.29, 0.717) is 41.2 Å². The van der Waals surface area contributed by atoms with Gasteiger partial charge in [-0.3, -0.25) is 5.10 Å². The highest BCUT2D eigenvalue weighted by atomic mass is 19.1. The zero-order valence-corrected chi connectivity index (χ0v) is 15.9. The molecule has 0 radical (unpaired) electrons. The maximum Gasteiger partial charge on any atom is 0.158 e. The lowest BCUT2D eigenvalue weighted by Gasteiger charge is -2.15. The van der Waals surface area contributed by atoms with Crippen molar-refractivity contribution >= 4 is 11.6 Å². The molecule has 1 aliphatic rings. The average molecular weight is 393 g/mol. The number of nitrogens with one attached hydrogen (secondary N) is 3. The zero-order valence-electron chi connectivity index (χ0n) is 15.9. The van der Waals surface area contributed by atoms with Crippen molar-refractivity contribution in [3.8, 4) is 23.1 Å². The number of anilines is 2. The van der Waals surface area contributed by atoms with Crippen LogP contribution in [0.5, 0.6) is 5.75 Å². The summed E-state index contributed by atoms with van der Waals surface area (Å²) in [6.07, 6.45) is 3.84. The quantitative estimate of drug-likeness (QED) is 0.590. The van der Waals surface area contributed by atoms with Gasteiger partial charge in [-0.1, -0.05) is 0 Å². The third-order valence-electron chi connectivity index (χ3n) is 4.71. The summed E-state index contributed by atoms with van der Waals surface area (Å²) in [6.45, 7) is 4.26. The fraction of sp³-hybridized carbons (Fsp3) is 0.300. The molecule has 0 bridgehead atoms. The van der Waals surface area contributed by atoms with Gasteiger partial charge in [0.15, 0.2) is 11.5 Å². The number of halogens is 1. The largest absolute Gasteiger partial charge is 0.492 e.